The lowest BCUT2D eigenvalue weighted by atomic mass is 9.44. The van der Waals surface area contributed by atoms with Crippen molar-refractivity contribution in [2.75, 3.05) is 33.5 Å². The molecule has 0 spiro atoms. The Kier molecular flexibility index (Phi) is 18.9. The zero-order chi connectivity index (χ0) is 59.4. The summed E-state index contributed by atoms with van der Waals surface area (Å²) in [5.74, 6) is -9.03. The van der Waals surface area contributed by atoms with Crippen LogP contribution in [0, 0.1) is 16.7 Å². The molecule has 2 saturated carbocycles. The molecule has 4 aliphatic rings. The lowest BCUT2D eigenvalue weighted by Crippen LogP contribution is -2.82. The highest BCUT2D eigenvalue weighted by atomic mass is 16.6. The van der Waals surface area contributed by atoms with E-state index in [0.29, 0.717) is 0 Å². The van der Waals surface area contributed by atoms with Gasteiger partial charge in [-0.25, -0.2) is 19.2 Å². The summed E-state index contributed by atoms with van der Waals surface area (Å²) in [5, 5.41) is 69.7. The van der Waals surface area contributed by atoms with Crippen molar-refractivity contribution in [2.24, 2.45) is 16.7 Å². The number of aliphatic hydroxyl groups is 6. The van der Waals surface area contributed by atoms with Crippen LogP contribution >= 0.6 is 0 Å². The average Bonchev–Trinajstić information content (AvgIpc) is 3.01. The molecule has 2 bridgehead atoms. The van der Waals surface area contributed by atoms with Crippen molar-refractivity contribution in [1.82, 2.24) is 10.6 Å². The number of Topliss-reactive ketones (excluding diaryl/α,β-unsaturated/α-hetero) is 1. The lowest BCUT2D eigenvalue weighted by Gasteiger charge is -2.67. The van der Waals surface area contributed by atoms with Crippen molar-refractivity contribution in [3.05, 3.63) is 119 Å². The van der Waals surface area contributed by atoms with Gasteiger partial charge in [-0.15, -0.1) is 0 Å². The number of nitrogens with one attached hydrogen (secondary N) is 2. The fourth-order valence-corrected chi connectivity index (χ4v) is 11.8. The molecule has 81 heavy (non-hydrogen) atoms. The van der Waals surface area contributed by atoms with E-state index in [2.05, 4.69) is 10.6 Å². The van der Waals surface area contributed by atoms with Crippen LogP contribution in [0.2, 0.25) is 0 Å². The molecular weight excluding hydrogens is 1060 g/mol. The maximum Gasteiger partial charge on any atom is 0.407 e. The van der Waals surface area contributed by atoms with Crippen molar-refractivity contribution >= 4 is 47.6 Å². The van der Waals surface area contributed by atoms with Crippen LogP contribution in [0.3, 0.4) is 0 Å². The first-order valence-electron chi connectivity index (χ1n) is 26.1. The number of hydrogen-bond acceptors (Lipinski definition) is 22. The topological polar surface area (TPSA) is 356 Å². The van der Waals surface area contributed by atoms with E-state index >= 15 is 9.59 Å². The number of methoxy groups -OCH3 is 1. The number of ketones is 1. The molecule has 1 aliphatic heterocycles. The van der Waals surface area contributed by atoms with Crippen molar-refractivity contribution in [3.63, 3.8) is 0 Å². The van der Waals surface area contributed by atoms with E-state index in [9.17, 15) is 59.4 Å². The van der Waals surface area contributed by atoms with Crippen molar-refractivity contribution in [1.29, 1.82) is 0 Å². The van der Waals surface area contributed by atoms with Gasteiger partial charge in [-0.2, -0.15) is 0 Å². The summed E-state index contributed by atoms with van der Waals surface area (Å²) < 4.78 is 47.9. The number of amides is 2. The standard InChI is InChI=1S/C57H68N2O22/c1-29-37(77-52(71)46(79-40(65)27-74-7)42(32-17-11-8-12-18-32)59-50(69)33-19-13-9-14-20-33)24-57(73)49(80-51(70)34-21-15-10-16-22-34)47-55(6,48(68)45(76-30(2)61)41(29)54(57,4)5)38(23-39-56(47,28-75-39)81-31(3)62)78-53(72)58-25-35(63)43(66)44(67)36(64)26-60/h8-22,35-39,42-47,49,60,63-64,66-67,73H,23-28H2,1-7H3,(H,58,72)(H,59,69)/t35-,36+,37-,38-,39+,42-,43-,44-,45+,46+,47-,49-,55+,56-,57+/m0/s1. The summed E-state index contributed by atoms with van der Waals surface area (Å²) in [4.78, 5) is 115. The maximum absolute atomic E-state index is 16.3. The second kappa shape index (κ2) is 24.9. The minimum atomic E-state index is -2.65. The van der Waals surface area contributed by atoms with Crippen LogP contribution in [0.1, 0.15) is 86.7 Å². The molecule has 24 heteroatoms. The number of benzene rings is 3. The van der Waals surface area contributed by atoms with Gasteiger partial charge in [0.15, 0.2) is 17.5 Å². The Balaban J connectivity index is 1.42. The third-order valence-electron chi connectivity index (χ3n) is 16.0. The molecule has 438 valence electrons. The van der Waals surface area contributed by atoms with Crippen LogP contribution in [-0.2, 0) is 61.9 Å². The molecule has 2 amide bonds. The Morgan fingerprint density at radius 1 is 0.778 bits per heavy atom. The van der Waals surface area contributed by atoms with Gasteiger partial charge in [0, 0.05) is 51.3 Å². The van der Waals surface area contributed by atoms with Gasteiger partial charge >= 0.3 is 35.9 Å². The Bertz CT molecular complexity index is 2850. The van der Waals surface area contributed by atoms with Gasteiger partial charge in [0.05, 0.1) is 36.2 Å². The summed E-state index contributed by atoms with van der Waals surface area (Å²) in [7, 11) is 1.21. The zero-order valence-corrected chi connectivity index (χ0v) is 45.5. The predicted molar refractivity (Wildman–Crippen MR) is 277 cm³/mol. The van der Waals surface area contributed by atoms with Gasteiger partial charge in [-0.05, 0) is 54.8 Å². The minimum Gasteiger partial charge on any atom is -0.455 e. The highest BCUT2D eigenvalue weighted by Gasteiger charge is 2.79. The molecule has 7 rings (SSSR count). The van der Waals surface area contributed by atoms with Gasteiger partial charge < -0.3 is 79.2 Å². The first-order chi connectivity index (χ1) is 38.3. The molecule has 3 fully saturated rings. The largest absolute Gasteiger partial charge is 0.455 e. The Hall–Kier alpha value is -7.16. The summed E-state index contributed by atoms with van der Waals surface area (Å²) in [6, 6.07) is 21.9. The molecule has 1 saturated heterocycles. The van der Waals surface area contributed by atoms with Gasteiger partial charge in [0.1, 0.15) is 61.0 Å². The van der Waals surface area contributed by atoms with E-state index < -0.39 is 182 Å². The monoisotopic (exact) mass is 1130 g/mol. The summed E-state index contributed by atoms with van der Waals surface area (Å²) in [6.45, 7) is 4.69. The van der Waals surface area contributed by atoms with Crippen LogP contribution in [0.4, 0.5) is 4.79 Å². The molecule has 8 N–H and O–H groups in total. The Labute approximate surface area is 465 Å². The molecule has 0 radical (unpaired) electrons. The zero-order valence-electron chi connectivity index (χ0n) is 45.5. The minimum absolute atomic E-state index is 0.00554. The van der Waals surface area contributed by atoms with Crippen LogP contribution in [0.5, 0.6) is 0 Å². The quantitative estimate of drug-likeness (QED) is 0.0446. The first-order valence-corrected chi connectivity index (χ1v) is 26.1. The van der Waals surface area contributed by atoms with Crippen LogP contribution in [0.25, 0.3) is 0 Å². The van der Waals surface area contributed by atoms with E-state index in [1.807, 2.05) is 0 Å². The molecule has 15 atom stereocenters. The fraction of sp³-hybridized carbons (Fsp3) is 0.509. The van der Waals surface area contributed by atoms with Crippen LogP contribution < -0.4 is 10.6 Å². The number of hydrogen-bond donors (Lipinski definition) is 8. The number of fused-ring (bicyclic) bond motifs is 5. The van der Waals surface area contributed by atoms with Crippen molar-refractivity contribution in [3.8, 4) is 0 Å². The second-order valence-corrected chi connectivity index (χ2v) is 21.3. The third-order valence-corrected chi connectivity index (χ3v) is 16.0. The average molecular weight is 1130 g/mol. The van der Waals surface area contributed by atoms with Gasteiger partial charge in [-0.1, -0.05) is 80.6 Å². The van der Waals surface area contributed by atoms with Crippen LogP contribution in [-0.4, -0.2) is 184 Å². The number of carbonyl (C=O) groups excluding carboxylic acids is 8. The van der Waals surface area contributed by atoms with Gasteiger partial charge in [-0.3, -0.25) is 19.2 Å². The fourth-order valence-electron chi connectivity index (χ4n) is 11.8. The second-order valence-electron chi connectivity index (χ2n) is 21.3. The summed E-state index contributed by atoms with van der Waals surface area (Å²) in [5.41, 5.74) is -8.77. The number of aliphatic hydroxyl groups excluding tert-OH is 5. The SMILES string of the molecule is COCC(=O)O[C@@H](C(=O)O[C@H]1C[C@@]2(O)[C@@H](OC(=O)c3ccccc3)[C@@H]3[C@]4(OC(C)=O)CO[C@@H]4C[C@H](OC(=O)NC[C@H](O)[C@H](O)[C@@H](O)[C@H](O)CO)[C@@]3(C)C(=O)[C@H](OC(C)=O)C(=C1C)C2(C)C)[C@@H](NC(=O)c1ccccc1)c1ccccc1. The molecule has 3 aromatic rings. The van der Waals surface area contributed by atoms with Gasteiger partial charge in [0.2, 0.25) is 6.10 Å². The van der Waals surface area contributed by atoms with Gasteiger partial charge in [0.25, 0.3) is 5.91 Å². The number of esters is 5. The molecule has 0 unspecified atom stereocenters. The third kappa shape index (κ3) is 12.1. The van der Waals surface area contributed by atoms with E-state index in [4.69, 9.17) is 37.9 Å². The Morgan fingerprint density at radius 3 is 1.93 bits per heavy atom. The van der Waals surface area contributed by atoms with E-state index in [1.54, 1.807) is 54.6 Å². The van der Waals surface area contributed by atoms with E-state index in [-0.39, 0.29) is 27.8 Å². The number of rotatable bonds is 20. The number of ether oxygens (including phenoxy) is 8. The Morgan fingerprint density at radius 2 is 1.37 bits per heavy atom. The molecule has 3 aromatic carbocycles. The first kappa shape index (κ1) is 61.5. The summed E-state index contributed by atoms with van der Waals surface area (Å²) >= 11 is 0. The predicted octanol–water partition coefficient (Wildman–Crippen LogP) is 1.10. The molecule has 1 heterocycles. The smallest absolute Gasteiger partial charge is 0.407 e. The van der Waals surface area contributed by atoms with Crippen LogP contribution in [0.15, 0.2) is 102 Å². The molecule has 0 aromatic heterocycles. The molecular formula is C57H68N2O22. The van der Waals surface area contributed by atoms with E-state index in [1.165, 1.54) is 71.2 Å². The summed E-state index contributed by atoms with van der Waals surface area (Å²) in [6.07, 6.45) is -21.6. The highest BCUT2D eigenvalue weighted by Crippen LogP contribution is 2.65. The lowest BCUT2D eigenvalue weighted by molar-refractivity contribution is -0.345. The number of carbonyl (C=O) groups is 8. The number of alkyl carbamates (subject to hydrolysis) is 1. The highest BCUT2D eigenvalue weighted by molar-refractivity contribution is 5.97. The maximum atomic E-state index is 16.3. The van der Waals surface area contributed by atoms with Crippen molar-refractivity contribution < 1.29 is 107 Å². The molecule has 3 aliphatic carbocycles. The normalized spacial score (nSPS) is 28.6. The van der Waals surface area contributed by atoms with Crippen molar-refractivity contribution in [2.45, 2.75) is 133 Å². The van der Waals surface area contributed by atoms with E-state index in [0.717, 1.165) is 13.8 Å². The molecule has 24 nitrogen and oxygen atoms in total.